The summed E-state index contributed by atoms with van der Waals surface area (Å²) in [5.74, 6) is 0.703. The second-order valence-electron chi connectivity index (χ2n) is 4.05. The average molecular weight is 267 g/mol. The maximum Gasteiger partial charge on any atom is 0.223 e. The van der Waals surface area contributed by atoms with Crippen LogP contribution in [0.5, 0.6) is 5.88 Å². The quantitative estimate of drug-likeness (QED) is 0.845. The molecule has 0 aliphatic heterocycles. The van der Waals surface area contributed by atoms with Crippen molar-refractivity contribution in [2.24, 2.45) is 0 Å². The van der Waals surface area contributed by atoms with Crippen LogP contribution in [0.15, 0.2) is 48.6 Å². The van der Waals surface area contributed by atoms with E-state index in [0.717, 1.165) is 11.3 Å². The van der Waals surface area contributed by atoms with Crippen molar-refractivity contribution < 1.29 is 4.74 Å². The van der Waals surface area contributed by atoms with E-state index >= 15 is 0 Å². The van der Waals surface area contributed by atoms with E-state index in [1.807, 2.05) is 61.6 Å². The van der Waals surface area contributed by atoms with Crippen LogP contribution in [0, 0.1) is 0 Å². The summed E-state index contributed by atoms with van der Waals surface area (Å²) in [6, 6.07) is 11.8. The molecule has 1 aromatic heterocycles. The first-order chi connectivity index (χ1) is 9.78. The summed E-state index contributed by atoms with van der Waals surface area (Å²) in [5, 5.41) is 0. The fourth-order valence-corrected chi connectivity index (χ4v) is 1.65. The van der Waals surface area contributed by atoms with E-state index in [1.54, 1.807) is 6.07 Å². The van der Waals surface area contributed by atoms with Crippen LogP contribution in [0.25, 0.3) is 12.2 Å². The second-order valence-corrected chi connectivity index (χ2v) is 4.05. The molecule has 0 saturated carbocycles. The average Bonchev–Trinajstić information content (AvgIpc) is 2.45. The third-order valence-corrected chi connectivity index (χ3v) is 2.50. The first-order valence-electron chi connectivity index (χ1n) is 6.45. The van der Waals surface area contributed by atoms with Crippen LogP contribution in [-0.2, 0) is 0 Å². The van der Waals surface area contributed by atoms with Crippen molar-refractivity contribution in [3.05, 3.63) is 59.8 Å². The lowest BCUT2D eigenvalue weighted by atomic mass is 10.2. The molecule has 102 valence electrons. The van der Waals surface area contributed by atoms with Gasteiger partial charge < -0.3 is 10.5 Å². The molecule has 0 saturated heterocycles. The van der Waals surface area contributed by atoms with Crippen molar-refractivity contribution in [3.8, 4) is 5.88 Å². The molecular weight excluding hydrogens is 250 g/mol. The van der Waals surface area contributed by atoms with Gasteiger partial charge in [0.1, 0.15) is 0 Å². The number of benzene rings is 1. The highest BCUT2D eigenvalue weighted by Crippen LogP contribution is 2.12. The van der Waals surface area contributed by atoms with Crippen LogP contribution >= 0.6 is 0 Å². The Hall–Kier alpha value is -2.62. The summed E-state index contributed by atoms with van der Waals surface area (Å²) in [4.78, 5) is 8.12. The molecule has 4 heteroatoms. The van der Waals surface area contributed by atoms with Crippen LogP contribution in [0.4, 0.5) is 5.95 Å². The summed E-state index contributed by atoms with van der Waals surface area (Å²) in [6.45, 7) is 2.45. The number of nitrogen functional groups attached to an aromatic ring is 1. The fourth-order valence-electron chi connectivity index (χ4n) is 1.65. The zero-order chi connectivity index (χ0) is 14.2. The van der Waals surface area contributed by atoms with Gasteiger partial charge in [-0.25, -0.2) is 4.98 Å². The van der Waals surface area contributed by atoms with Crippen molar-refractivity contribution in [1.82, 2.24) is 9.97 Å². The molecule has 4 nitrogen and oxygen atoms in total. The molecule has 2 rings (SSSR count). The molecule has 0 radical (unpaired) electrons. The monoisotopic (exact) mass is 267 g/mol. The van der Waals surface area contributed by atoms with Gasteiger partial charge in [-0.1, -0.05) is 48.6 Å². The van der Waals surface area contributed by atoms with Crippen LogP contribution in [0.1, 0.15) is 18.2 Å². The normalized spacial score (nSPS) is 11.2. The zero-order valence-electron chi connectivity index (χ0n) is 11.4. The molecule has 2 aromatic rings. The summed E-state index contributed by atoms with van der Waals surface area (Å²) in [7, 11) is 0. The first-order valence-corrected chi connectivity index (χ1v) is 6.45. The number of aromatic nitrogens is 2. The van der Waals surface area contributed by atoms with Gasteiger partial charge in [-0.2, -0.15) is 4.98 Å². The molecule has 1 aromatic carbocycles. The lowest BCUT2D eigenvalue weighted by Gasteiger charge is -2.03. The summed E-state index contributed by atoms with van der Waals surface area (Å²) < 4.78 is 5.32. The molecule has 0 spiro atoms. The van der Waals surface area contributed by atoms with Crippen LogP contribution in [0.2, 0.25) is 0 Å². The number of hydrogen-bond donors (Lipinski definition) is 1. The molecule has 20 heavy (non-hydrogen) atoms. The van der Waals surface area contributed by atoms with Gasteiger partial charge in [0, 0.05) is 6.07 Å². The molecule has 0 fully saturated rings. The van der Waals surface area contributed by atoms with Crippen LogP contribution in [0.3, 0.4) is 0 Å². The van der Waals surface area contributed by atoms with Gasteiger partial charge in [-0.3, -0.25) is 0 Å². The van der Waals surface area contributed by atoms with E-state index in [0.29, 0.717) is 12.5 Å². The predicted molar refractivity (Wildman–Crippen MR) is 82.1 cm³/mol. The van der Waals surface area contributed by atoms with Crippen LogP contribution in [-0.4, -0.2) is 16.6 Å². The summed E-state index contributed by atoms with van der Waals surface area (Å²) in [5.41, 5.74) is 7.50. The van der Waals surface area contributed by atoms with E-state index in [1.165, 1.54) is 0 Å². The van der Waals surface area contributed by atoms with Crippen molar-refractivity contribution in [1.29, 1.82) is 0 Å². The molecule has 2 N–H and O–H groups in total. The maximum absolute atomic E-state index is 5.63. The minimum absolute atomic E-state index is 0.211. The second kappa shape index (κ2) is 7.09. The summed E-state index contributed by atoms with van der Waals surface area (Å²) >= 11 is 0. The SMILES string of the molecule is CCOc1cc(/C=C/C=C/c2ccccc2)nc(N)n1. The molecule has 0 unspecified atom stereocenters. The van der Waals surface area contributed by atoms with Gasteiger partial charge in [0.05, 0.1) is 12.3 Å². The topological polar surface area (TPSA) is 61.0 Å². The molecular formula is C16H17N3O. The number of ether oxygens (including phenoxy) is 1. The third kappa shape index (κ3) is 4.24. The lowest BCUT2D eigenvalue weighted by Crippen LogP contribution is -2.01. The van der Waals surface area contributed by atoms with Gasteiger partial charge in [0.25, 0.3) is 0 Å². The Morgan fingerprint density at radius 3 is 2.60 bits per heavy atom. The Morgan fingerprint density at radius 2 is 1.85 bits per heavy atom. The number of nitrogens with zero attached hydrogens (tertiary/aromatic N) is 2. The number of allylic oxidation sites excluding steroid dienone is 2. The van der Waals surface area contributed by atoms with Crippen LogP contribution < -0.4 is 10.5 Å². The number of hydrogen-bond acceptors (Lipinski definition) is 4. The van der Waals surface area contributed by atoms with E-state index in [2.05, 4.69) is 9.97 Å². The van der Waals surface area contributed by atoms with Crippen molar-refractivity contribution in [2.75, 3.05) is 12.3 Å². The zero-order valence-corrected chi connectivity index (χ0v) is 11.4. The Balaban J connectivity index is 2.06. The molecule has 0 aliphatic carbocycles. The Bertz CT molecular complexity index is 606. The van der Waals surface area contributed by atoms with Gasteiger partial charge in [0.2, 0.25) is 11.8 Å². The van der Waals surface area contributed by atoms with E-state index in [4.69, 9.17) is 10.5 Å². The van der Waals surface area contributed by atoms with Crippen molar-refractivity contribution in [2.45, 2.75) is 6.92 Å². The Morgan fingerprint density at radius 1 is 1.10 bits per heavy atom. The van der Waals surface area contributed by atoms with E-state index in [9.17, 15) is 0 Å². The number of anilines is 1. The number of rotatable bonds is 5. The predicted octanol–water partition coefficient (Wildman–Crippen LogP) is 3.18. The van der Waals surface area contributed by atoms with Gasteiger partial charge in [-0.15, -0.1) is 0 Å². The molecule has 0 atom stereocenters. The van der Waals surface area contributed by atoms with Gasteiger partial charge >= 0.3 is 0 Å². The standard InChI is InChI=1S/C16H17N3O/c1-2-20-15-12-14(18-16(17)19-15)11-7-6-10-13-8-4-3-5-9-13/h3-12H,2H2,1H3,(H2,17,18,19)/b10-6+,11-7+. The largest absolute Gasteiger partial charge is 0.478 e. The van der Waals surface area contributed by atoms with Gasteiger partial charge in [0.15, 0.2) is 0 Å². The molecule has 0 aliphatic rings. The Labute approximate surface area is 118 Å². The lowest BCUT2D eigenvalue weighted by molar-refractivity contribution is 0.326. The highest BCUT2D eigenvalue weighted by atomic mass is 16.5. The Kier molecular flexibility index (Phi) is 4.89. The minimum atomic E-state index is 0.211. The smallest absolute Gasteiger partial charge is 0.223 e. The van der Waals surface area contributed by atoms with Gasteiger partial charge in [-0.05, 0) is 18.6 Å². The molecule has 0 amide bonds. The number of nitrogens with two attached hydrogens (primary N) is 1. The van der Waals surface area contributed by atoms with Crippen molar-refractivity contribution in [3.63, 3.8) is 0 Å². The van der Waals surface area contributed by atoms with E-state index < -0.39 is 0 Å². The highest BCUT2D eigenvalue weighted by Gasteiger charge is 1.99. The molecule has 0 bridgehead atoms. The molecule has 1 heterocycles. The maximum atomic E-state index is 5.63. The van der Waals surface area contributed by atoms with Crippen molar-refractivity contribution >= 4 is 18.1 Å². The third-order valence-electron chi connectivity index (χ3n) is 2.50. The van der Waals surface area contributed by atoms with E-state index in [-0.39, 0.29) is 5.95 Å². The highest BCUT2D eigenvalue weighted by molar-refractivity contribution is 5.56. The summed E-state index contributed by atoms with van der Waals surface area (Å²) in [6.07, 6.45) is 7.74. The fraction of sp³-hybridized carbons (Fsp3) is 0.125. The minimum Gasteiger partial charge on any atom is -0.478 e. The first kappa shape index (κ1) is 13.8.